The Labute approximate surface area is 164 Å². The first-order chi connectivity index (χ1) is 13.6. The number of nitriles is 1. The molecule has 7 heteroatoms. The molecule has 0 aliphatic carbocycles. The van der Waals surface area contributed by atoms with E-state index in [1.807, 2.05) is 12.1 Å². The third kappa shape index (κ3) is 4.39. The SMILES string of the molecule is CCCCOc1ccc2nccc(C(=O)NCC(=O)N3CCCC3C#N)c2c1. The highest BCUT2D eigenvalue weighted by atomic mass is 16.5. The molecule has 1 unspecified atom stereocenters. The second-order valence-electron chi connectivity index (χ2n) is 6.80. The summed E-state index contributed by atoms with van der Waals surface area (Å²) in [4.78, 5) is 30.9. The minimum absolute atomic E-state index is 0.131. The highest BCUT2D eigenvalue weighted by Crippen LogP contribution is 2.23. The van der Waals surface area contributed by atoms with E-state index in [2.05, 4.69) is 23.3 Å². The number of carbonyl (C=O) groups excluding carboxylic acids is 2. The van der Waals surface area contributed by atoms with Crippen LogP contribution in [0, 0.1) is 11.3 Å². The van der Waals surface area contributed by atoms with E-state index < -0.39 is 6.04 Å². The molecule has 2 aromatic rings. The van der Waals surface area contributed by atoms with Gasteiger partial charge in [0.05, 0.1) is 30.3 Å². The minimum atomic E-state index is -0.394. The average Bonchev–Trinajstić information content (AvgIpc) is 3.20. The first-order valence-electron chi connectivity index (χ1n) is 9.63. The summed E-state index contributed by atoms with van der Waals surface area (Å²) in [6.07, 6.45) is 5.07. The lowest BCUT2D eigenvalue weighted by molar-refractivity contribution is -0.130. The number of nitrogens with one attached hydrogen (secondary N) is 1. The van der Waals surface area contributed by atoms with Crippen molar-refractivity contribution in [2.45, 2.75) is 38.6 Å². The molecule has 0 radical (unpaired) electrons. The van der Waals surface area contributed by atoms with E-state index in [9.17, 15) is 9.59 Å². The fraction of sp³-hybridized carbons (Fsp3) is 0.429. The Morgan fingerprint density at radius 1 is 1.39 bits per heavy atom. The van der Waals surface area contributed by atoms with E-state index in [0.717, 1.165) is 19.3 Å². The van der Waals surface area contributed by atoms with E-state index >= 15 is 0 Å². The Bertz CT molecular complexity index is 906. The quantitative estimate of drug-likeness (QED) is 0.745. The molecular weight excluding hydrogens is 356 g/mol. The first-order valence-corrected chi connectivity index (χ1v) is 9.63. The van der Waals surface area contributed by atoms with Crippen molar-refractivity contribution in [3.05, 3.63) is 36.0 Å². The van der Waals surface area contributed by atoms with Gasteiger partial charge in [0.2, 0.25) is 5.91 Å². The lowest BCUT2D eigenvalue weighted by Gasteiger charge is -2.19. The van der Waals surface area contributed by atoms with Crippen LogP contribution in [0.4, 0.5) is 0 Å². The Balaban J connectivity index is 1.71. The molecule has 0 saturated carbocycles. The van der Waals surface area contributed by atoms with Gasteiger partial charge in [-0.3, -0.25) is 14.6 Å². The van der Waals surface area contributed by atoms with Crippen LogP contribution in [0.1, 0.15) is 43.0 Å². The lowest BCUT2D eigenvalue weighted by Crippen LogP contribution is -2.42. The van der Waals surface area contributed by atoms with Crippen LogP contribution in [0.2, 0.25) is 0 Å². The summed E-state index contributed by atoms with van der Waals surface area (Å²) in [6, 6.07) is 8.84. The molecule has 1 atom stereocenters. The number of carbonyl (C=O) groups is 2. The van der Waals surface area contributed by atoms with E-state index in [4.69, 9.17) is 10.00 Å². The summed E-state index contributed by atoms with van der Waals surface area (Å²) in [7, 11) is 0. The molecule has 1 aliphatic rings. The molecule has 1 fully saturated rings. The molecule has 28 heavy (non-hydrogen) atoms. The molecule has 2 amide bonds. The molecule has 7 nitrogen and oxygen atoms in total. The van der Waals surface area contributed by atoms with E-state index in [1.165, 1.54) is 4.90 Å². The molecule has 1 N–H and O–H groups in total. The molecule has 0 bridgehead atoms. The monoisotopic (exact) mass is 380 g/mol. The number of unbranched alkanes of at least 4 members (excludes halogenated alkanes) is 1. The Morgan fingerprint density at radius 2 is 2.25 bits per heavy atom. The topological polar surface area (TPSA) is 95.3 Å². The maximum absolute atomic E-state index is 12.7. The number of ether oxygens (including phenoxy) is 1. The molecule has 1 aliphatic heterocycles. The molecule has 1 saturated heterocycles. The highest BCUT2D eigenvalue weighted by molar-refractivity contribution is 6.07. The van der Waals surface area contributed by atoms with Crippen molar-refractivity contribution in [2.24, 2.45) is 0 Å². The second-order valence-corrected chi connectivity index (χ2v) is 6.80. The van der Waals surface area contributed by atoms with Crippen molar-refractivity contribution in [2.75, 3.05) is 19.7 Å². The van der Waals surface area contributed by atoms with Crippen molar-refractivity contribution in [1.29, 1.82) is 5.26 Å². The zero-order chi connectivity index (χ0) is 19.9. The first kappa shape index (κ1) is 19.6. The predicted octanol–water partition coefficient (Wildman–Crippen LogP) is 2.66. The molecule has 3 rings (SSSR count). The molecule has 1 aromatic carbocycles. The van der Waals surface area contributed by atoms with Gasteiger partial charge in [-0.15, -0.1) is 0 Å². The van der Waals surface area contributed by atoms with Crippen LogP contribution in [-0.2, 0) is 4.79 Å². The summed E-state index contributed by atoms with van der Waals surface area (Å²) < 4.78 is 5.73. The van der Waals surface area contributed by atoms with Crippen molar-refractivity contribution >= 4 is 22.7 Å². The number of rotatable bonds is 7. The van der Waals surface area contributed by atoms with Crippen molar-refractivity contribution < 1.29 is 14.3 Å². The maximum Gasteiger partial charge on any atom is 0.252 e. The van der Waals surface area contributed by atoms with Crippen molar-refractivity contribution in [3.63, 3.8) is 0 Å². The third-order valence-electron chi connectivity index (χ3n) is 4.85. The summed E-state index contributed by atoms with van der Waals surface area (Å²) in [5.41, 5.74) is 1.13. The number of benzene rings is 1. The van der Waals surface area contributed by atoms with Crippen LogP contribution in [-0.4, -0.2) is 47.4 Å². The fourth-order valence-corrected chi connectivity index (χ4v) is 3.30. The van der Waals surface area contributed by atoms with Gasteiger partial charge in [-0.1, -0.05) is 13.3 Å². The average molecular weight is 380 g/mol. The van der Waals surface area contributed by atoms with Gasteiger partial charge in [-0.2, -0.15) is 5.26 Å². The molecule has 2 heterocycles. The standard InChI is InChI=1S/C21H24N4O3/c1-2-3-11-28-16-6-7-19-18(12-16)17(8-9-23-19)21(27)24-14-20(26)25-10-4-5-15(25)13-22/h6-9,12,15H,2-5,10-11,14H2,1H3,(H,24,27). The zero-order valence-electron chi connectivity index (χ0n) is 16.0. The highest BCUT2D eigenvalue weighted by Gasteiger charge is 2.28. The summed E-state index contributed by atoms with van der Waals surface area (Å²) >= 11 is 0. The number of hydrogen-bond donors (Lipinski definition) is 1. The normalized spacial score (nSPS) is 16.0. The third-order valence-corrected chi connectivity index (χ3v) is 4.85. The summed E-state index contributed by atoms with van der Waals surface area (Å²) in [6.45, 7) is 3.14. The van der Waals surface area contributed by atoms with Crippen LogP contribution >= 0.6 is 0 Å². The molecule has 146 valence electrons. The number of nitrogens with zero attached hydrogens (tertiary/aromatic N) is 3. The number of aromatic nitrogens is 1. The minimum Gasteiger partial charge on any atom is -0.494 e. The summed E-state index contributed by atoms with van der Waals surface area (Å²) in [5, 5.41) is 12.5. The number of amides is 2. The number of fused-ring (bicyclic) bond motifs is 1. The smallest absolute Gasteiger partial charge is 0.252 e. The second kappa shape index (κ2) is 9.18. The predicted molar refractivity (Wildman–Crippen MR) is 105 cm³/mol. The Hall–Kier alpha value is -3.14. The van der Waals surface area contributed by atoms with Gasteiger partial charge >= 0.3 is 0 Å². The van der Waals surface area contributed by atoms with Crippen molar-refractivity contribution in [1.82, 2.24) is 15.2 Å². The molecule has 0 spiro atoms. The van der Waals surface area contributed by atoms with E-state index in [-0.39, 0.29) is 18.4 Å². The van der Waals surface area contributed by atoms with E-state index in [1.54, 1.807) is 18.3 Å². The van der Waals surface area contributed by atoms with Crippen LogP contribution < -0.4 is 10.1 Å². The fourth-order valence-electron chi connectivity index (χ4n) is 3.30. The van der Waals surface area contributed by atoms with Crippen LogP contribution in [0.25, 0.3) is 10.9 Å². The Morgan fingerprint density at radius 3 is 3.04 bits per heavy atom. The van der Waals surface area contributed by atoms with Gasteiger partial charge in [0, 0.05) is 18.1 Å². The number of likely N-dealkylation sites (tertiary alicyclic amines) is 1. The lowest BCUT2D eigenvalue weighted by atomic mass is 10.1. The molecule has 1 aromatic heterocycles. The zero-order valence-corrected chi connectivity index (χ0v) is 16.0. The summed E-state index contributed by atoms with van der Waals surface area (Å²) in [5.74, 6) is 0.103. The van der Waals surface area contributed by atoms with Crippen LogP contribution in [0.3, 0.4) is 0 Å². The van der Waals surface area contributed by atoms with Gasteiger partial charge < -0.3 is 15.0 Å². The van der Waals surface area contributed by atoms with Gasteiger partial charge in [-0.05, 0) is 43.5 Å². The molecular formula is C21H24N4O3. The van der Waals surface area contributed by atoms with E-state index in [0.29, 0.717) is 41.8 Å². The Kier molecular flexibility index (Phi) is 6.43. The van der Waals surface area contributed by atoms with Gasteiger partial charge in [0.1, 0.15) is 11.8 Å². The maximum atomic E-state index is 12.7. The van der Waals surface area contributed by atoms with Gasteiger partial charge in [0.25, 0.3) is 5.91 Å². The number of hydrogen-bond acceptors (Lipinski definition) is 5. The van der Waals surface area contributed by atoms with Crippen molar-refractivity contribution in [3.8, 4) is 11.8 Å². The van der Waals surface area contributed by atoms with Gasteiger partial charge in [0.15, 0.2) is 0 Å². The van der Waals surface area contributed by atoms with Crippen LogP contribution in [0.5, 0.6) is 5.75 Å². The largest absolute Gasteiger partial charge is 0.494 e. The van der Waals surface area contributed by atoms with Crippen LogP contribution in [0.15, 0.2) is 30.5 Å². The number of pyridine rings is 1. The van der Waals surface area contributed by atoms with Gasteiger partial charge in [-0.25, -0.2) is 0 Å².